The third kappa shape index (κ3) is 13.9. The number of ether oxygens (including phenoxy) is 3. The molecule has 0 bridgehead atoms. The van der Waals surface area contributed by atoms with Crippen LogP contribution in [0, 0.1) is 16.2 Å². The summed E-state index contributed by atoms with van der Waals surface area (Å²) in [5.74, 6) is -1.22. The van der Waals surface area contributed by atoms with Gasteiger partial charge in [-0.25, -0.2) is 0 Å². The Hall–Kier alpha value is -7.60. The van der Waals surface area contributed by atoms with Gasteiger partial charge in [-0.15, -0.1) is 0 Å². The summed E-state index contributed by atoms with van der Waals surface area (Å²) in [5, 5.41) is 46.1. The fraction of sp³-hybridized carbons (Fsp3) is 0.286. The number of alkyl halides is 1. The lowest BCUT2D eigenvalue weighted by Crippen LogP contribution is -2.28. The molecule has 15 heteroatoms. The number of phenolic OH excluding ortho intramolecular Hbond substituents is 3. The lowest BCUT2D eigenvalue weighted by molar-refractivity contribution is -0.123. The van der Waals surface area contributed by atoms with Crippen molar-refractivity contribution in [2.75, 3.05) is 54.4 Å². The lowest BCUT2D eigenvalue weighted by Gasteiger charge is -2.21. The molecule has 3 amide bonds. The van der Waals surface area contributed by atoms with Gasteiger partial charge in [0.05, 0.1) is 13.2 Å². The van der Waals surface area contributed by atoms with E-state index >= 15 is 0 Å². The number of rotatable bonds is 9. The molecule has 1 aliphatic carbocycles. The molecular formula is C63H68IN3O11. The van der Waals surface area contributed by atoms with Gasteiger partial charge in [0, 0.05) is 84.6 Å². The van der Waals surface area contributed by atoms with E-state index in [-0.39, 0.29) is 35.0 Å². The number of Topliss-reactive ketones (excluding diaryl/α,β-unsaturated/α-hetero) is 2. The molecule has 408 valence electrons. The number of methoxy groups -OCH3 is 2. The van der Waals surface area contributed by atoms with E-state index in [1.807, 2.05) is 135 Å². The molecular weight excluding hydrogens is 1100 g/mol. The number of carbonyl (C=O) groups excluding carboxylic acids is 5. The second kappa shape index (κ2) is 25.2. The van der Waals surface area contributed by atoms with Crippen molar-refractivity contribution in [3.63, 3.8) is 0 Å². The normalized spacial score (nSPS) is 12.0. The molecule has 0 unspecified atom stereocenters. The monoisotopic (exact) mass is 1170 g/mol. The van der Waals surface area contributed by atoms with Gasteiger partial charge < -0.3 is 45.5 Å². The number of benzene rings is 8. The van der Waals surface area contributed by atoms with E-state index in [0.717, 1.165) is 49.1 Å². The average Bonchev–Trinajstić information content (AvgIpc) is 3.45. The Kier molecular flexibility index (Phi) is 19.3. The zero-order valence-corrected chi connectivity index (χ0v) is 48.1. The molecule has 78 heavy (non-hydrogen) atoms. The van der Waals surface area contributed by atoms with Crippen LogP contribution in [0.15, 0.2) is 127 Å². The van der Waals surface area contributed by atoms with Crippen molar-refractivity contribution in [3.05, 3.63) is 139 Å². The smallest absolute Gasteiger partial charge is 0.234 e. The fourth-order valence-corrected chi connectivity index (χ4v) is 8.50. The number of fused-ring (bicyclic) bond motifs is 9. The molecule has 0 heterocycles. The van der Waals surface area contributed by atoms with Gasteiger partial charge in [0.25, 0.3) is 0 Å². The van der Waals surface area contributed by atoms with Crippen LogP contribution in [0.1, 0.15) is 83.0 Å². The largest absolute Gasteiger partial charge is 0.504 e. The first-order valence-corrected chi connectivity index (χ1v) is 26.8. The maximum atomic E-state index is 12.4. The van der Waals surface area contributed by atoms with Gasteiger partial charge in [0.1, 0.15) is 6.61 Å². The Morgan fingerprint density at radius 1 is 0.423 bits per heavy atom. The minimum Gasteiger partial charge on any atom is -0.504 e. The predicted molar refractivity (Wildman–Crippen MR) is 321 cm³/mol. The summed E-state index contributed by atoms with van der Waals surface area (Å²) in [7, 11) is 3.31. The van der Waals surface area contributed by atoms with Gasteiger partial charge in [0.15, 0.2) is 23.0 Å². The van der Waals surface area contributed by atoms with Crippen LogP contribution >= 0.6 is 22.6 Å². The summed E-state index contributed by atoms with van der Waals surface area (Å²) in [6, 6.07) is 38.2. The number of phenols is 3. The van der Waals surface area contributed by atoms with Crippen LogP contribution in [0.4, 0.5) is 17.1 Å². The third-order valence-electron chi connectivity index (χ3n) is 12.5. The average molecular weight is 1170 g/mol. The number of halogens is 1. The van der Waals surface area contributed by atoms with E-state index in [4.69, 9.17) is 9.47 Å². The van der Waals surface area contributed by atoms with Gasteiger partial charge in [-0.1, -0.05) is 176 Å². The van der Waals surface area contributed by atoms with Crippen molar-refractivity contribution >= 4 is 112 Å². The molecule has 0 radical (unpaired) electrons. The number of amides is 3. The minimum absolute atomic E-state index is 0.0617. The molecule has 0 atom stereocenters. The van der Waals surface area contributed by atoms with Gasteiger partial charge in [-0.2, -0.15) is 0 Å². The van der Waals surface area contributed by atoms with Crippen LogP contribution in [-0.4, -0.2) is 83.1 Å². The highest BCUT2D eigenvalue weighted by Crippen LogP contribution is 2.45. The van der Waals surface area contributed by atoms with E-state index in [2.05, 4.69) is 43.3 Å². The first-order valence-electron chi connectivity index (χ1n) is 25.3. The highest BCUT2D eigenvalue weighted by atomic mass is 127. The standard InChI is InChI=1S/C22H25NO4.C19H19NO3.C19H17NO3.C3H7IO/c1-22(2,3)21(25)23-14-9-10-16-15-7-5-6-8-17(15)20(27-12-11-26-4)19(24)18(16)13-14;2*1-19(2,3)18(23)20-11-8-9-13-12-6-4-5-7-14(12)16(21)17(22)15(13)10-11;1-5-3-2-4/h5-10,13,24H,11-12H2,1-4H3,(H,23,25);4-10,21-22H,1-3H3,(H,20,23);4-10H,1-3H3,(H,20,23);2-3H2,1H3. The van der Waals surface area contributed by atoms with Gasteiger partial charge in [0.2, 0.25) is 29.3 Å². The first kappa shape index (κ1) is 59.6. The van der Waals surface area contributed by atoms with E-state index in [9.17, 15) is 39.3 Å². The Labute approximate surface area is 468 Å². The molecule has 1 aliphatic rings. The van der Waals surface area contributed by atoms with Gasteiger partial charge >= 0.3 is 0 Å². The Morgan fingerprint density at radius 3 is 1.27 bits per heavy atom. The first-order chi connectivity index (χ1) is 36.8. The van der Waals surface area contributed by atoms with E-state index < -0.39 is 27.8 Å². The fourth-order valence-electron chi connectivity index (χ4n) is 8.06. The molecule has 0 saturated heterocycles. The summed E-state index contributed by atoms with van der Waals surface area (Å²) < 4.78 is 16.6. The van der Waals surface area contributed by atoms with Crippen LogP contribution in [0.3, 0.4) is 0 Å². The molecule has 0 spiro atoms. The van der Waals surface area contributed by atoms with Crippen molar-refractivity contribution in [2.24, 2.45) is 16.2 Å². The minimum atomic E-state index is -0.539. The molecule has 0 saturated carbocycles. The number of hydrogen-bond acceptors (Lipinski definition) is 11. The summed E-state index contributed by atoms with van der Waals surface area (Å²) in [6.45, 7) is 18.1. The quantitative estimate of drug-likeness (QED) is 0.0200. The maximum Gasteiger partial charge on any atom is 0.234 e. The van der Waals surface area contributed by atoms with E-state index in [1.165, 1.54) is 0 Å². The van der Waals surface area contributed by atoms with Crippen LogP contribution in [0.25, 0.3) is 54.2 Å². The maximum absolute atomic E-state index is 12.4. The Bertz CT molecular complexity index is 3550. The highest BCUT2D eigenvalue weighted by molar-refractivity contribution is 14.1. The van der Waals surface area contributed by atoms with Crippen molar-refractivity contribution in [1.82, 2.24) is 0 Å². The molecule has 8 aromatic carbocycles. The van der Waals surface area contributed by atoms with Crippen molar-refractivity contribution in [3.8, 4) is 34.1 Å². The van der Waals surface area contributed by atoms with Gasteiger partial charge in [-0.05, 0) is 69.1 Å². The zero-order chi connectivity index (χ0) is 57.3. The van der Waals surface area contributed by atoms with E-state index in [1.54, 1.807) is 68.8 Å². The Morgan fingerprint density at radius 2 is 0.795 bits per heavy atom. The zero-order valence-electron chi connectivity index (χ0n) is 45.9. The molecule has 14 nitrogen and oxygen atoms in total. The topological polar surface area (TPSA) is 210 Å². The molecule has 0 aromatic heterocycles. The number of nitrogens with one attached hydrogen (secondary N) is 3. The predicted octanol–water partition coefficient (Wildman–Crippen LogP) is 13.9. The molecule has 0 fully saturated rings. The number of hydrogen-bond donors (Lipinski definition) is 6. The van der Waals surface area contributed by atoms with Crippen molar-refractivity contribution < 1.29 is 53.5 Å². The summed E-state index contributed by atoms with van der Waals surface area (Å²) >= 11 is 2.26. The summed E-state index contributed by atoms with van der Waals surface area (Å²) in [4.78, 5) is 61.1. The Balaban J connectivity index is 0.000000182. The van der Waals surface area contributed by atoms with Crippen molar-refractivity contribution in [2.45, 2.75) is 62.3 Å². The van der Waals surface area contributed by atoms with E-state index in [0.29, 0.717) is 63.3 Å². The number of ketones is 2. The van der Waals surface area contributed by atoms with Gasteiger partial charge in [-0.3, -0.25) is 24.0 Å². The second-order valence-electron chi connectivity index (χ2n) is 21.6. The summed E-state index contributed by atoms with van der Waals surface area (Å²) in [5.41, 5.74) is 2.42. The highest BCUT2D eigenvalue weighted by Gasteiger charge is 2.31. The van der Waals surface area contributed by atoms with Crippen LogP contribution in [0.5, 0.6) is 23.0 Å². The second-order valence-corrected chi connectivity index (χ2v) is 22.7. The third-order valence-corrected chi connectivity index (χ3v) is 12.9. The van der Waals surface area contributed by atoms with Crippen molar-refractivity contribution in [1.29, 1.82) is 0 Å². The van der Waals surface area contributed by atoms with Crippen LogP contribution in [-0.2, 0) is 23.9 Å². The molecule has 9 rings (SSSR count). The number of anilines is 3. The number of carbonyl (C=O) groups is 5. The SMILES string of the molecule is CC(C)(C)C(=O)Nc1ccc2c(c1)C(=O)C(=O)c1ccccc1-2.CC(C)(C)C(=O)Nc1ccc2c(c1)c(O)c(O)c1ccccc12.COCCI.COCCOc1c(O)c2cc(NC(=O)C(C)(C)C)ccc2c2ccccc12. The molecule has 8 aromatic rings. The lowest BCUT2D eigenvalue weighted by atomic mass is 9.83. The van der Waals surface area contributed by atoms with Crippen LogP contribution in [0.2, 0.25) is 0 Å². The molecule has 6 N–H and O–H groups in total. The van der Waals surface area contributed by atoms with Crippen LogP contribution < -0.4 is 20.7 Å². The molecule has 0 aliphatic heterocycles. The number of aromatic hydroxyl groups is 3. The summed E-state index contributed by atoms with van der Waals surface area (Å²) in [6.07, 6.45) is 0.